The molecule has 3 aliphatic rings. The molecule has 2 saturated carbocycles. The van der Waals surface area contributed by atoms with Gasteiger partial charge in [0.15, 0.2) is 17.2 Å². The second kappa shape index (κ2) is 9.23. The van der Waals surface area contributed by atoms with Gasteiger partial charge >= 0.3 is 6.09 Å². The van der Waals surface area contributed by atoms with Crippen molar-refractivity contribution in [2.24, 2.45) is 13.0 Å². The summed E-state index contributed by atoms with van der Waals surface area (Å²) in [5.74, 6) is 2.37. The van der Waals surface area contributed by atoms with Gasteiger partial charge in [0.1, 0.15) is 17.9 Å². The molecule has 192 valence electrons. The summed E-state index contributed by atoms with van der Waals surface area (Å²) in [6.45, 7) is 4.09. The van der Waals surface area contributed by atoms with Crippen LogP contribution >= 0.6 is 0 Å². The maximum Gasteiger partial charge on any atom is 0.407 e. The van der Waals surface area contributed by atoms with Crippen LogP contribution in [-0.4, -0.2) is 67.5 Å². The van der Waals surface area contributed by atoms with Crippen molar-refractivity contribution in [2.45, 2.75) is 63.0 Å². The molecular weight excluding hydrogens is 464 g/mol. The Labute approximate surface area is 208 Å². The van der Waals surface area contributed by atoms with Crippen LogP contribution in [-0.2, 0) is 16.5 Å². The van der Waals surface area contributed by atoms with Crippen LogP contribution in [0.25, 0.3) is 11.0 Å². The second-order valence-electron chi connectivity index (χ2n) is 10.4. The molecule has 0 spiro atoms. The lowest BCUT2D eigenvalue weighted by Gasteiger charge is -2.16. The van der Waals surface area contributed by atoms with E-state index in [1.54, 1.807) is 4.68 Å². The number of nitrogens with one attached hydrogen (secondary N) is 3. The zero-order valence-electron chi connectivity index (χ0n) is 20.6. The van der Waals surface area contributed by atoms with E-state index in [0.717, 1.165) is 56.3 Å². The van der Waals surface area contributed by atoms with Gasteiger partial charge in [-0.15, -0.1) is 5.10 Å². The third kappa shape index (κ3) is 4.81. The van der Waals surface area contributed by atoms with Gasteiger partial charge in [-0.3, -0.25) is 9.78 Å². The second-order valence-corrected chi connectivity index (χ2v) is 10.4. The number of aromatic nitrogens is 6. The van der Waals surface area contributed by atoms with Crippen LogP contribution in [0.15, 0.2) is 12.4 Å². The Bertz CT molecular complexity index is 1250. The minimum absolute atomic E-state index is 0.0723. The van der Waals surface area contributed by atoms with Crippen molar-refractivity contribution >= 4 is 28.8 Å². The predicted molar refractivity (Wildman–Crippen MR) is 130 cm³/mol. The number of alkyl carbamates (subject to hydrolysis) is 1. The Hall–Kier alpha value is -3.41. The maximum atomic E-state index is 12.2. The van der Waals surface area contributed by atoms with Crippen LogP contribution in [0, 0.1) is 5.92 Å². The molecule has 6 rings (SSSR count). The first kappa shape index (κ1) is 23.0. The minimum atomic E-state index is -0.309. The van der Waals surface area contributed by atoms with Crippen LogP contribution in [0.1, 0.15) is 57.1 Å². The Morgan fingerprint density at radius 3 is 3.00 bits per heavy atom. The van der Waals surface area contributed by atoms with Gasteiger partial charge in [-0.05, 0) is 45.4 Å². The van der Waals surface area contributed by atoms with Gasteiger partial charge in [0, 0.05) is 42.8 Å². The maximum absolute atomic E-state index is 12.2. The SMILES string of the molecule is Cn1nc(OCC2CCOC2)c2ncnc(Nc3cc([C@H]4CC[C@@H](OC(=O)NC5(C)CC5)C4)[nH]n3)c21. The zero-order chi connectivity index (χ0) is 24.7. The normalized spacial score (nSPS) is 24.7. The molecular formula is C24H32N8O4. The molecule has 2 aliphatic carbocycles. The van der Waals surface area contributed by atoms with Crippen molar-refractivity contribution < 1.29 is 19.0 Å². The first-order valence-corrected chi connectivity index (χ1v) is 12.7. The highest BCUT2D eigenvalue weighted by Gasteiger charge is 2.40. The molecule has 4 heterocycles. The van der Waals surface area contributed by atoms with E-state index in [9.17, 15) is 4.79 Å². The number of carbonyl (C=O) groups excluding carboxylic acids is 1. The molecule has 1 amide bonds. The third-order valence-electron chi connectivity index (χ3n) is 7.42. The summed E-state index contributed by atoms with van der Waals surface area (Å²) in [7, 11) is 1.84. The summed E-state index contributed by atoms with van der Waals surface area (Å²) >= 11 is 0. The lowest BCUT2D eigenvalue weighted by Crippen LogP contribution is -2.36. The Morgan fingerprint density at radius 1 is 1.31 bits per heavy atom. The molecule has 12 nitrogen and oxygen atoms in total. The smallest absolute Gasteiger partial charge is 0.407 e. The van der Waals surface area contributed by atoms with Crippen molar-refractivity contribution in [3.05, 3.63) is 18.1 Å². The Morgan fingerprint density at radius 2 is 2.19 bits per heavy atom. The van der Waals surface area contributed by atoms with E-state index in [2.05, 4.69) is 35.9 Å². The standard InChI is InChI=1S/C24H32N8O4/c1-24(6-7-24)28-23(33)36-16-4-3-15(9-16)17-10-18(30-29-17)27-21-20-19(25-13-26-21)22(31-32(20)2)35-12-14-5-8-34-11-14/h10,13-16H,3-9,11-12H2,1-2H3,(H,28,33)(H2,25,26,27,29,30)/t14?,15-,16+/m0/s1. The summed E-state index contributed by atoms with van der Waals surface area (Å²) in [5.41, 5.74) is 2.33. The number of fused-ring (bicyclic) bond motifs is 1. The average molecular weight is 497 g/mol. The fraction of sp³-hybridized carbons (Fsp3) is 0.625. The van der Waals surface area contributed by atoms with Gasteiger partial charge in [-0.2, -0.15) is 5.10 Å². The number of hydrogen-bond acceptors (Lipinski definition) is 9. The van der Waals surface area contributed by atoms with E-state index in [4.69, 9.17) is 14.2 Å². The van der Waals surface area contributed by atoms with E-state index >= 15 is 0 Å². The van der Waals surface area contributed by atoms with Crippen LogP contribution in [0.2, 0.25) is 0 Å². The largest absolute Gasteiger partial charge is 0.475 e. The molecule has 1 aliphatic heterocycles. The topological polar surface area (TPSA) is 141 Å². The van der Waals surface area contributed by atoms with E-state index in [-0.39, 0.29) is 23.7 Å². The first-order chi connectivity index (χ1) is 17.5. The highest BCUT2D eigenvalue weighted by atomic mass is 16.6. The number of carbonyl (C=O) groups is 1. The van der Waals surface area contributed by atoms with Crippen LogP contribution in [0.4, 0.5) is 16.4 Å². The molecule has 0 radical (unpaired) electrons. The highest BCUT2D eigenvalue weighted by molar-refractivity contribution is 5.90. The number of aromatic amines is 1. The summed E-state index contributed by atoms with van der Waals surface area (Å²) < 4.78 is 18.8. The molecule has 1 unspecified atom stereocenters. The summed E-state index contributed by atoms with van der Waals surface area (Å²) in [6, 6.07) is 1.99. The summed E-state index contributed by atoms with van der Waals surface area (Å²) in [6.07, 6.45) is 6.68. The quantitative estimate of drug-likeness (QED) is 0.429. The van der Waals surface area contributed by atoms with Gasteiger partial charge < -0.3 is 24.8 Å². The Balaban J connectivity index is 1.10. The van der Waals surface area contributed by atoms with Gasteiger partial charge in [-0.25, -0.2) is 14.8 Å². The van der Waals surface area contributed by atoms with Gasteiger partial charge in [0.2, 0.25) is 0 Å². The molecule has 0 aromatic carbocycles. The Kier molecular flexibility index (Phi) is 5.90. The number of rotatable bonds is 8. The van der Waals surface area contributed by atoms with Crippen LogP contribution in [0.5, 0.6) is 5.88 Å². The van der Waals surface area contributed by atoms with Crippen LogP contribution in [0.3, 0.4) is 0 Å². The zero-order valence-corrected chi connectivity index (χ0v) is 20.6. The fourth-order valence-corrected chi connectivity index (χ4v) is 4.98. The predicted octanol–water partition coefficient (Wildman–Crippen LogP) is 3.16. The fourth-order valence-electron chi connectivity index (χ4n) is 4.98. The third-order valence-corrected chi connectivity index (χ3v) is 7.42. The number of ether oxygens (including phenoxy) is 3. The number of aryl methyl sites for hydroxylation is 1. The van der Waals surface area contributed by atoms with Crippen molar-refractivity contribution in [1.29, 1.82) is 0 Å². The first-order valence-electron chi connectivity index (χ1n) is 12.7. The molecule has 3 aromatic rings. The van der Waals surface area contributed by atoms with E-state index in [0.29, 0.717) is 42.2 Å². The van der Waals surface area contributed by atoms with Gasteiger partial charge in [0.05, 0.1) is 13.2 Å². The molecule has 3 N–H and O–H groups in total. The number of amides is 1. The summed E-state index contributed by atoms with van der Waals surface area (Å²) in [4.78, 5) is 21.0. The highest BCUT2D eigenvalue weighted by Crippen LogP contribution is 2.38. The number of anilines is 2. The molecule has 3 aromatic heterocycles. The van der Waals surface area contributed by atoms with Crippen LogP contribution < -0.4 is 15.4 Å². The van der Waals surface area contributed by atoms with Gasteiger partial charge in [-0.1, -0.05) is 0 Å². The summed E-state index contributed by atoms with van der Waals surface area (Å²) in [5, 5.41) is 18.3. The van der Waals surface area contributed by atoms with E-state index < -0.39 is 0 Å². The average Bonchev–Trinajstić information content (AvgIpc) is 3.40. The monoisotopic (exact) mass is 496 g/mol. The number of hydrogen-bond donors (Lipinski definition) is 3. The van der Waals surface area contributed by atoms with Gasteiger partial charge in [0.25, 0.3) is 5.88 Å². The molecule has 1 saturated heterocycles. The number of H-pyrrole nitrogens is 1. The lowest BCUT2D eigenvalue weighted by atomic mass is 10.0. The lowest BCUT2D eigenvalue weighted by molar-refractivity contribution is 0.0967. The van der Waals surface area contributed by atoms with Crippen molar-refractivity contribution in [1.82, 2.24) is 35.3 Å². The minimum Gasteiger partial charge on any atom is -0.475 e. The number of nitrogens with zero attached hydrogens (tertiary/aromatic N) is 5. The van der Waals surface area contributed by atoms with Crippen molar-refractivity contribution in [3.63, 3.8) is 0 Å². The molecule has 12 heteroatoms. The van der Waals surface area contributed by atoms with Crippen molar-refractivity contribution in [3.8, 4) is 5.88 Å². The van der Waals surface area contributed by atoms with E-state index in [1.807, 2.05) is 20.0 Å². The van der Waals surface area contributed by atoms with Crippen molar-refractivity contribution in [2.75, 3.05) is 25.1 Å². The molecule has 3 fully saturated rings. The molecule has 0 bridgehead atoms. The van der Waals surface area contributed by atoms with E-state index in [1.165, 1.54) is 6.33 Å². The molecule has 36 heavy (non-hydrogen) atoms. The molecule has 3 atom stereocenters.